The number of cyclic esters (lactones) is 1. The van der Waals surface area contributed by atoms with E-state index >= 15 is 0 Å². The molecule has 3 unspecified atom stereocenters. The monoisotopic (exact) mass is 312 g/mol. The predicted molar refractivity (Wildman–Crippen MR) is 79.9 cm³/mol. The van der Waals surface area contributed by atoms with Gasteiger partial charge in [0.2, 0.25) is 0 Å². The van der Waals surface area contributed by atoms with Gasteiger partial charge < -0.3 is 14.2 Å². The third-order valence-corrected chi connectivity index (χ3v) is 4.58. The van der Waals surface area contributed by atoms with E-state index in [1.165, 1.54) is 11.8 Å². The number of ether oxygens (including phenoxy) is 3. The normalized spacial score (nSPS) is 30.4. The quantitative estimate of drug-likeness (QED) is 0.477. The topological polar surface area (TPSA) is 61.8 Å². The van der Waals surface area contributed by atoms with Crippen LogP contribution in [0.3, 0.4) is 0 Å². The predicted octanol–water partition coefficient (Wildman–Crippen LogP) is 2.58. The summed E-state index contributed by atoms with van der Waals surface area (Å²) in [5.74, 6) is -0.770. The minimum Gasteiger partial charge on any atom is -0.458 e. The van der Waals surface area contributed by atoms with Gasteiger partial charge >= 0.3 is 11.9 Å². The maximum atomic E-state index is 12.2. The van der Waals surface area contributed by atoms with Crippen molar-refractivity contribution >= 4 is 11.9 Å². The first-order chi connectivity index (χ1) is 11.1. The molecule has 0 amide bonds. The van der Waals surface area contributed by atoms with Crippen molar-refractivity contribution in [3.63, 3.8) is 0 Å². The van der Waals surface area contributed by atoms with Gasteiger partial charge in [-0.25, -0.2) is 9.59 Å². The summed E-state index contributed by atoms with van der Waals surface area (Å²) in [5.41, 5.74) is 3.32. The van der Waals surface area contributed by atoms with Gasteiger partial charge in [0.05, 0.1) is 11.8 Å². The number of esters is 2. The van der Waals surface area contributed by atoms with Crippen LogP contribution in [0.5, 0.6) is 0 Å². The second-order valence-corrected chi connectivity index (χ2v) is 6.00. The molecule has 23 heavy (non-hydrogen) atoms. The summed E-state index contributed by atoms with van der Waals surface area (Å²) in [6, 6.07) is 8.04. The molecule has 0 saturated carbocycles. The lowest BCUT2D eigenvalue weighted by Crippen LogP contribution is -2.18. The molecular formula is C18H16O5. The fraction of sp³-hybridized carbons (Fsp3) is 0.333. The van der Waals surface area contributed by atoms with Crippen LogP contribution in [-0.4, -0.2) is 18.2 Å². The molecule has 2 aliphatic heterocycles. The van der Waals surface area contributed by atoms with Gasteiger partial charge in [0, 0.05) is 17.6 Å². The number of rotatable bonds is 2. The molecule has 0 radical (unpaired) electrons. The number of carbonyl (C=O) groups excluding carboxylic acids is 2. The van der Waals surface area contributed by atoms with E-state index in [2.05, 4.69) is 6.07 Å². The highest BCUT2D eigenvalue weighted by Gasteiger charge is 2.44. The molecule has 1 aromatic carbocycles. The number of hydrogen-bond acceptors (Lipinski definition) is 5. The maximum absolute atomic E-state index is 12.2. The van der Waals surface area contributed by atoms with Gasteiger partial charge in [-0.2, -0.15) is 0 Å². The lowest BCUT2D eigenvalue weighted by Gasteiger charge is -2.26. The van der Waals surface area contributed by atoms with Crippen LogP contribution in [0.15, 0.2) is 47.7 Å². The summed E-state index contributed by atoms with van der Waals surface area (Å²) < 4.78 is 16.0. The molecule has 0 aromatic heterocycles. The van der Waals surface area contributed by atoms with Crippen molar-refractivity contribution in [3.8, 4) is 0 Å². The van der Waals surface area contributed by atoms with Gasteiger partial charge in [0.25, 0.3) is 6.29 Å². The molecule has 3 atom stereocenters. The van der Waals surface area contributed by atoms with Gasteiger partial charge in [-0.3, -0.25) is 0 Å². The van der Waals surface area contributed by atoms with Crippen LogP contribution in [0, 0.1) is 5.92 Å². The molecule has 5 nitrogen and oxygen atoms in total. The van der Waals surface area contributed by atoms with E-state index < -0.39 is 12.3 Å². The van der Waals surface area contributed by atoms with Crippen LogP contribution in [0.25, 0.3) is 0 Å². The van der Waals surface area contributed by atoms with Crippen LogP contribution in [0.2, 0.25) is 0 Å². The van der Waals surface area contributed by atoms with E-state index in [9.17, 15) is 9.59 Å². The zero-order valence-corrected chi connectivity index (χ0v) is 12.7. The highest BCUT2D eigenvalue weighted by Crippen LogP contribution is 2.46. The van der Waals surface area contributed by atoms with Gasteiger partial charge in [0.15, 0.2) is 0 Å². The van der Waals surface area contributed by atoms with Crippen molar-refractivity contribution in [1.29, 1.82) is 0 Å². The lowest BCUT2D eigenvalue weighted by molar-refractivity contribution is -0.152. The second kappa shape index (κ2) is 5.26. The smallest absolute Gasteiger partial charge is 0.338 e. The van der Waals surface area contributed by atoms with Gasteiger partial charge in [-0.05, 0) is 30.9 Å². The van der Waals surface area contributed by atoms with Crippen molar-refractivity contribution < 1.29 is 23.8 Å². The maximum Gasteiger partial charge on any atom is 0.338 e. The van der Waals surface area contributed by atoms with Gasteiger partial charge in [-0.15, -0.1) is 0 Å². The van der Waals surface area contributed by atoms with E-state index in [-0.39, 0.29) is 18.0 Å². The summed E-state index contributed by atoms with van der Waals surface area (Å²) in [4.78, 5) is 23.5. The number of carbonyl (C=O) groups is 2. The zero-order valence-electron chi connectivity index (χ0n) is 12.7. The lowest BCUT2D eigenvalue weighted by atomic mass is 9.79. The number of fused-ring (bicyclic) bond motifs is 3. The summed E-state index contributed by atoms with van der Waals surface area (Å²) in [5, 5.41) is 0. The fourth-order valence-corrected chi connectivity index (χ4v) is 3.37. The van der Waals surface area contributed by atoms with Crippen molar-refractivity contribution in [2.24, 2.45) is 5.92 Å². The molecule has 0 N–H and O–H groups in total. The van der Waals surface area contributed by atoms with Crippen molar-refractivity contribution in [3.05, 3.63) is 58.9 Å². The average molecular weight is 312 g/mol. The Labute approximate surface area is 133 Å². The standard InChI is InChI=1S/C18H16O5/c1-10-8-15(22-17(10)19)21-9-14-13-7-6-11-4-2-3-5-12(11)16(13)23-18(14)20/h2-5,8-9,13,15-16H,6-7H2,1H3/b14-9+. The summed E-state index contributed by atoms with van der Waals surface area (Å²) in [7, 11) is 0. The Balaban J connectivity index is 1.56. The Morgan fingerprint density at radius 3 is 2.78 bits per heavy atom. The van der Waals surface area contributed by atoms with Crippen molar-refractivity contribution in [2.45, 2.75) is 32.2 Å². The molecule has 5 heteroatoms. The highest BCUT2D eigenvalue weighted by atomic mass is 16.7. The van der Waals surface area contributed by atoms with Crippen molar-refractivity contribution in [2.75, 3.05) is 0 Å². The minimum atomic E-state index is -0.766. The molecule has 3 aliphatic rings. The first-order valence-electron chi connectivity index (χ1n) is 7.67. The Bertz CT molecular complexity index is 746. The van der Waals surface area contributed by atoms with Gasteiger partial charge in [-0.1, -0.05) is 24.3 Å². The molecule has 1 fully saturated rings. The number of hydrogen-bond donors (Lipinski definition) is 0. The molecule has 1 aromatic rings. The molecule has 0 bridgehead atoms. The molecule has 1 aliphatic carbocycles. The average Bonchev–Trinajstić information content (AvgIpc) is 3.04. The van der Waals surface area contributed by atoms with Crippen LogP contribution in [-0.2, 0) is 30.2 Å². The van der Waals surface area contributed by atoms with Gasteiger partial charge in [0.1, 0.15) is 6.10 Å². The largest absolute Gasteiger partial charge is 0.458 e. The minimum absolute atomic E-state index is 0.0143. The van der Waals surface area contributed by atoms with E-state index in [1.807, 2.05) is 18.2 Å². The highest BCUT2D eigenvalue weighted by molar-refractivity contribution is 5.92. The molecule has 118 valence electrons. The first-order valence-corrected chi connectivity index (χ1v) is 7.67. The third-order valence-electron chi connectivity index (χ3n) is 4.58. The Hall–Kier alpha value is -2.56. The summed E-state index contributed by atoms with van der Waals surface area (Å²) >= 11 is 0. The Morgan fingerprint density at radius 1 is 1.17 bits per heavy atom. The second-order valence-electron chi connectivity index (χ2n) is 6.00. The van der Waals surface area contributed by atoms with E-state index in [0.29, 0.717) is 11.1 Å². The molecule has 0 spiro atoms. The van der Waals surface area contributed by atoms with Crippen LogP contribution in [0.4, 0.5) is 0 Å². The number of aryl methyl sites for hydroxylation is 1. The van der Waals surface area contributed by atoms with E-state index in [1.54, 1.807) is 13.0 Å². The molecular weight excluding hydrogens is 296 g/mol. The zero-order chi connectivity index (χ0) is 16.0. The molecule has 1 saturated heterocycles. The number of benzene rings is 1. The van der Waals surface area contributed by atoms with Crippen LogP contribution >= 0.6 is 0 Å². The third kappa shape index (κ3) is 2.32. The first kappa shape index (κ1) is 14.1. The SMILES string of the molecule is CC1=CC(O/C=C2/C(=O)OC3c4ccccc4CCC23)OC1=O. The van der Waals surface area contributed by atoms with Crippen molar-refractivity contribution in [1.82, 2.24) is 0 Å². The summed E-state index contributed by atoms with van der Waals surface area (Å²) in [6.07, 6.45) is 3.72. The van der Waals surface area contributed by atoms with E-state index in [0.717, 1.165) is 18.4 Å². The van der Waals surface area contributed by atoms with Crippen LogP contribution < -0.4 is 0 Å². The van der Waals surface area contributed by atoms with Crippen LogP contribution in [0.1, 0.15) is 30.6 Å². The Morgan fingerprint density at radius 2 is 2.00 bits per heavy atom. The molecule has 4 rings (SSSR count). The van der Waals surface area contributed by atoms with E-state index in [4.69, 9.17) is 14.2 Å². The fourth-order valence-electron chi connectivity index (χ4n) is 3.37. The Kier molecular flexibility index (Phi) is 3.22. The molecule has 2 heterocycles. The summed E-state index contributed by atoms with van der Waals surface area (Å²) in [6.45, 7) is 1.66.